The summed E-state index contributed by atoms with van der Waals surface area (Å²) in [4.78, 5) is 4.41. The minimum Gasteiger partial charge on any atom is -0.207 e. The molecule has 0 unspecified atom stereocenters. The molecule has 3 nitrogen and oxygen atoms in total. The van der Waals surface area contributed by atoms with E-state index in [4.69, 9.17) is 0 Å². The summed E-state index contributed by atoms with van der Waals surface area (Å²) in [6, 6.07) is 15.0. The van der Waals surface area contributed by atoms with Crippen molar-refractivity contribution in [3.63, 3.8) is 0 Å². The fourth-order valence-corrected chi connectivity index (χ4v) is 3.51. The Labute approximate surface area is 151 Å². The monoisotopic (exact) mass is 381 g/mol. The third-order valence-corrected chi connectivity index (χ3v) is 4.91. The molecular formula is C17H14F3N3S2. The lowest BCUT2D eigenvalue weighted by Crippen LogP contribution is -2.07. The van der Waals surface area contributed by atoms with Gasteiger partial charge in [0.05, 0.1) is 11.3 Å². The SMILES string of the molecule is CSc1nc(SCc2ccccc2)nn1-c1cccc(C(F)(F)F)c1. The molecule has 130 valence electrons. The minimum atomic E-state index is -4.39. The Morgan fingerprint density at radius 2 is 1.80 bits per heavy atom. The maximum absolute atomic E-state index is 12.9. The highest BCUT2D eigenvalue weighted by Crippen LogP contribution is 2.31. The van der Waals surface area contributed by atoms with Crippen LogP contribution < -0.4 is 0 Å². The molecule has 25 heavy (non-hydrogen) atoms. The summed E-state index contributed by atoms with van der Waals surface area (Å²) in [5.41, 5.74) is 0.776. The number of alkyl halides is 3. The number of aromatic nitrogens is 3. The molecule has 0 amide bonds. The lowest BCUT2D eigenvalue weighted by Gasteiger charge is -2.09. The van der Waals surface area contributed by atoms with Crippen molar-refractivity contribution in [3.8, 4) is 5.69 Å². The second kappa shape index (κ2) is 7.53. The van der Waals surface area contributed by atoms with Crippen LogP contribution in [0.2, 0.25) is 0 Å². The lowest BCUT2D eigenvalue weighted by molar-refractivity contribution is -0.137. The van der Waals surface area contributed by atoms with Gasteiger partial charge in [-0.2, -0.15) is 18.2 Å². The first-order chi connectivity index (χ1) is 12.0. The zero-order valence-corrected chi connectivity index (χ0v) is 14.8. The van der Waals surface area contributed by atoms with Gasteiger partial charge in [0, 0.05) is 5.75 Å². The summed E-state index contributed by atoms with van der Waals surface area (Å²) >= 11 is 2.79. The molecule has 1 aromatic heterocycles. The van der Waals surface area contributed by atoms with Crippen LogP contribution in [0.4, 0.5) is 13.2 Å². The largest absolute Gasteiger partial charge is 0.416 e. The number of hydrogen-bond donors (Lipinski definition) is 0. The van der Waals surface area contributed by atoms with Gasteiger partial charge in [-0.3, -0.25) is 0 Å². The number of halogens is 3. The minimum absolute atomic E-state index is 0.346. The number of hydrogen-bond acceptors (Lipinski definition) is 4. The molecule has 0 saturated heterocycles. The second-order valence-corrected chi connectivity index (χ2v) is 6.83. The summed E-state index contributed by atoms with van der Waals surface area (Å²) in [5.74, 6) is 0.696. The van der Waals surface area contributed by atoms with Gasteiger partial charge in [-0.05, 0) is 30.0 Å². The van der Waals surface area contributed by atoms with E-state index in [0.29, 0.717) is 21.8 Å². The predicted octanol–water partition coefficient (Wildman–Crippen LogP) is 5.30. The Bertz CT molecular complexity index is 848. The van der Waals surface area contributed by atoms with Crippen molar-refractivity contribution in [3.05, 3.63) is 65.7 Å². The molecule has 3 aromatic rings. The van der Waals surface area contributed by atoms with Gasteiger partial charge in [0.25, 0.3) is 0 Å². The predicted molar refractivity (Wildman–Crippen MR) is 94.1 cm³/mol. The summed E-state index contributed by atoms with van der Waals surface area (Å²) in [6.07, 6.45) is -2.57. The highest BCUT2D eigenvalue weighted by Gasteiger charge is 2.30. The first-order valence-electron chi connectivity index (χ1n) is 7.33. The van der Waals surface area contributed by atoms with Crippen molar-refractivity contribution in [2.75, 3.05) is 6.26 Å². The molecule has 0 bridgehead atoms. The molecule has 0 spiro atoms. The Hall–Kier alpha value is -1.93. The molecular weight excluding hydrogens is 367 g/mol. The standard InChI is InChI=1S/C17H14F3N3S2/c1-24-16-21-15(25-11-12-6-3-2-4-7-12)22-23(16)14-9-5-8-13(10-14)17(18,19)20/h2-10H,11H2,1H3. The van der Waals surface area contributed by atoms with E-state index in [2.05, 4.69) is 10.1 Å². The Kier molecular flexibility index (Phi) is 5.39. The molecule has 0 fully saturated rings. The van der Waals surface area contributed by atoms with Crippen LogP contribution in [0.5, 0.6) is 0 Å². The highest BCUT2D eigenvalue weighted by atomic mass is 32.2. The topological polar surface area (TPSA) is 30.7 Å². The van der Waals surface area contributed by atoms with E-state index in [1.54, 1.807) is 6.07 Å². The van der Waals surface area contributed by atoms with Gasteiger partial charge in [-0.1, -0.05) is 59.9 Å². The summed E-state index contributed by atoms with van der Waals surface area (Å²) in [6.45, 7) is 0. The Morgan fingerprint density at radius 3 is 2.48 bits per heavy atom. The van der Waals surface area contributed by atoms with Crippen molar-refractivity contribution >= 4 is 23.5 Å². The zero-order valence-electron chi connectivity index (χ0n) is 13.2. The van der Waals surface area contributed by atoms with E-state index in [-0.39, 0.29) is 0 Å². The number of rotatable bonds is 5. The van der Waals surface area contributed by atoms with E-state index in [9.17, 15) is 13.2 Å². The molecule has 0 radical (unpaired) electrons. The van der Waals surface area contributed by atoms with E-state index in [0.717, 1.165) is 17.7 Å². The average molecular weight is 381 g/mol. The van der Waals surface area contributed by atoms with Crippen molar-refractivity contribution < 1.29 is 13.2 Å². The normalized spacial score (nSPS) is 11.7. The highest BCUT2D eigenvalue weighted by molar-refractivity contribution is 7.99. The molecule has 3 rings (SSSR count). The van der Waals surface area contributed by atoms with Gasteiger partial charge in [0.2, 0.25) is 5.16 Å². The quantitative estimate of drug-likeness (QED) is 0.561. The van der Waals surface area contributed by atoms with Crippen LogP contribution in [0, 0.1) is 0 Å². The third kappa shape index (κ3) is 4.38. The molecule has 2 aromatic carbocycles. The second-order valence-electron chi connectivity index (χ2n) is 5.12. The first-order valence-corrected chi connectivity index (χ1v) is 9.54. The maximum Gasteiger partial charge on any atom is 0.416 e. The summed E-state index contributed by atoms with van der Waals surface area (Å²) in [5, 5.41) is 5.45. The van der Waals surface area contributed by atoms with Crippen LogP contribution in [-0.2, 0) is 11.9 Å². The molecule has 0 saturated carbocycles. The van der Waals surface area contributed by atoms with Crippen LogP contribution in [0.3, 0.4) is 0 Å². The van der Waals surface area contributed by atoms with Crippen molar-refractivity contribution in [2.24, 2.45) is 0 Å². The van der Waals surface area contributed by atoms with E-state index in [1.807, 2.05) is 36.6 Å². The van der Waals surface area contributed by atoms with Gasteiger partial charge >= 0.3 is 6.18 Å². The molecule has 0 N–H and O–H groups in total. The van der Waals surface area contributed by atoms with Gasteiger partial charge in [0.15, 0.2) is 5.16 Å². The number of thioether (sulfide) groups is 2. The van der Waals surface area contributed by atoms with Crippen molar-refractivity contribution in [2.45, 2.75) is 22.2 Å². The summed E-state index contributed by atoms with van der Waals surface area (Å²) in [7, 11) is 0. The van der Waals surface area contributed by atoms with Crippen molar-refractivity contribution in [1.82, 2.24) is 14.8 Å². The molecule has 0 aliphatic rings. The third-order valence-electron chi connectivity index (χ3n) is 3.37. The van der Waals surface area contributed by atoms with Crippen LogP contribution in [0.25, 0.3) is 5.69 Å². The van der Waals surface area contributed by atoms with Gasteiger partial charge in [0.1, 0.15) is 0 Å². The molecule has 1 heterocycles. The maximum atomic E-state index is 12.9. The molecule has 0 atom stereocenters. The van der Waals surface area contributed by atoms with E-state index < -0.39 is 11.7 Å². The van der Waals surface area contributed by atoms with Crippen LogP contribution in [0.1, 0.15) is 11.1 Å². The van der Waals surface area contributed by atoms with Gasteiger partial charge in [-0.15, -0.1) is 5.10 Å². The zero-order chi connectivity index (χ0) is 17.9. The van der Waals surface area contributed by atoms with E-state index >= 15 is 0 Å². The van der Waals surface area contributed by atoms with Gasteiger partial charge < -0.3 is 0 Å². The van der Waals surface area contributed by atoms with E-state index in [1.165, 1.54) is 34.3 Å². The average Bonchev–Trinajstić information content (AvgIpc) is 3.04. The van der Waals surface area contributed by atoms with Crippen LogP contribution in [0.15, 0.2) is 64.9 Å². The smallest absolute Gasteiger partial charge is 0.207 e. The Morgan fingerprint density at radius 1 is 1.04 bits per heavy atom. The molecule has 0 aliphatic heterocycles. The lowest BCUT2D eigenvalue weighted by atomic mass is 10.2. The summed E-state index contributed by atoms with van der Waals surface area (Å²) < 4.78 is 40.2. The number of benzene rings is 2. The number of nitrogens with zero attached hydrogens (tertiary/aromatic N) is 3. The van der Waals surface area contributed by atoms with Crippen LogP contribution in [-0.4, -0.2) is 21.0 Å². The van der Waals surface area contributed by atoms with Gasteiger partial charge in [-0.25, -0.2) is 4.68 Å². The van der Waals surface area contributed by atoms with Crippen LogP contribution >= 0.6 is 23.5 Å². The first kappa shape index (κ1) is 17.9. The molecule has 8 heteroatoms. The molecule has 0 aliphatic carbocycles. The Balaban J connectivity index is 1.86. The van der Waals surface area contributed by atoms with Crippen molar-refractivity contribution in [1.29, 1.82) is 0 Å². The fraction of sp³-hybridized carbons (Fsp3) is 0.176. The fourth-order valence-electron chi connectivity index (χ4n) is 2.18.